The number of carbonyl (C=O) groups excluding carboxylic acids is 1. The number of hydrogen-bond acceptors (Lipinski definition) is 5. The molecular formula is C21H21ClN4O3. The Morgan fingerprint density at radius 1 is 1.10 bits per heavy atom. The number of halogens is 1. The van der Waals surface area contributed by atoms with E-state index in [4.69, 9.17) is 16.7 Å². The second-order valence-electron chi connectivity index (χ2n) is 7.92. The van der Waals surface area contributed by atoms with Gasteiger partial charge in [-0.3, -0.25) is 24.4 Å². The van der Waals surface area contributed by atoms with E-state index in [2.05, 4.69) is 9.88 Å². The lowest BCUT2D eigenvalue weighted by Gasteiger charge is -2.35. The predicted octanol–water partition coefficient (Wildman–Crippen LogP) is 2.59. The molecule has 2 aromatic rings. The average molecular weight is 413 g/mol. The summed E-state index contributed by atoms with van der Waals surface area (Å²) in [5, 5.41) is 9.62. The maximum atomic E-state index is 13.2. The molecule has 2 fully saturated rings. The first-order valence-corrected chi connectivity index (χ1v) is 10.1. The summed E-state index contributed by atoms with van der Waals surface area (Å²) in [6.07, 6.45) is 5.39. The second-order valence-corrected chi connectivity index (χ2v) is 8.36. The van der Waals surface area contributed by atoms with E-state index >= 15 is 0 Å². The van der Waals surface area contributed by atoms with E-state index in [0.717, 1.165) is 48.4 Å². The molecule has 2 aliphatic heterocycles. The number of amides is 1. The van der Waals surface area contributed by atoms with Gasteiger partial charge in [0.15, 0.2) is 0 Å². The molecule has 1 saturated carbocycles. The quantitative estimate of drug-likeness (QED) is 0.831. The Morgan fingerprint density at radius 3 is 2.52 bits per heavy atom. The highest BCUT2D eigenvalue weighted by Gasteiger charge is 2.58. The van der Waals surface area contributed by atoms with Gasteiger partial charge in [-0.2, -0.15) is 0 Å². The summed E-state index contributed by atoms with van der Waals surface area (Å²) in [6, 6.07) is 7.52. The van der Waals surface area contributed by atoms with Gasteiger partial charge in [-0.25, -0.2) is 0 Å². The number of aliphatic carboxylic acids is 1. The van der Waals surface area contributed by atoms with Gasteiger partial charge < -0.3 is 10.0 Å². The summed E-state index contributed by atoms with van der Waals surface area (Å²) in [7, 11) is 0. The van der Waals surface area contributed by atoms with Crippen LogP contribution in [0.1, 0.15) is 28.8 Å². The maximum absolute atomic E-state index is 13.2. The first-order valence-electron chi connectivity index (χ1n) is 9.77. The van der Waals surface area contributed by atoms with Crippen LogP contribution in [0.25, 0.3) is 0 Å². The summed E-state index contributed by atoms with van der Waals surface area (Å²) in [4.78, 5) is 34.5. The van der Waals surface area contributed by atoms with Crippen molar-refractivity contribution < 1.29 is 14.7 Å². The summed E-state index contributed by atoms with van der Waals surface area (Å²) in [5.41, 5.74) is 3.19. The van der Waals surface area contributed by atoms with Gasteiger partial charge in [0.05, 0.1) is 35.9 Å². The summed E-state index contributed by atoms with van der Waals surface area (Å²) < 4.78 is 0. The van der Waals surface area contributed by atoms with Crippen molar-refractivity contribution in [3.05, 3.63) is 52.8 Å². The highest BCUT2D eigenvalue weighted by Crippen LogP contribution is 2.58. The molecule has 0 atom stereocenters. The number of fused-ring (bicyclic) bond motifs is 2. The molecule has 1 aromatic carbocycles. The third-order valence-corrected chi connectivity index (χ3v) is 6.37. The van der Waals surface area contributed by atoms with Crippen molar-refractivity contribution in [3.63, 3.8) is 0 Å². The van der Waals surface area contributed by atoms with E-state index in [1.807, 2.05) is 28.0 Å². The molecule has 150 valence electrons. The number of carbonyl (C=O) groups is 2. The maximum Gasteiger partial charge on any atom is 0.317 e. The van der Waals surface area contributed by atoms with E-state index in [9.17, 15) is 9.59 Å². The molecular weight excluding hydrogens is 392 g/mol. The molecule has 1 N–H and O–H groups in total. The average Bonchev–Trinajstić information content (AvgIpc) is 3.45. The van der Waals surface area contributed by atoms with Crippen LogP contribution in [0.4, 0.5) is 11.4 Å². The Bertz CT molecular complexity index is 999. The Morgan fingerprint density at radius 2 is 1.83 bits per heavy atom. The first-order chi connectivity index (χ1) is 14.0. The number of rotatable bonds is 4. The number of carboxylic acids is 1. The van der Waals surface area contributed by atoms with Crippen LogP contribution >= 0.6 is 11.6 Å². The van der Waals surface area contributed by atoms with Crippen molar-refractivity contribution in [3.8, 4) is 0 Å². The van der Waals surface area contributed by atoms with Crippen LogP contribution in [0.5, 0.6) is 0 Å². The lowest BCUT2D eigenvalue weighted by molar-refractivity contribution is -0.138. The number of anilines is 2. The van der Waals surface area contributed by atoms with Crippen LogP contribution in [0.3, 0.4) is 0 Å². The van der Waals surface area contributed by atoms with Gasteiger partial charge in [-0.1, -0.05) is 11.6 Å². The standard InChI is InChI=1S/C21H21ClN4O3/c22-14-1-2-17-18(9-14)21(3-4-21)26(20(17)29)16-10-15(11-23-12-16)25-7-5-24(6-8-25)13-19(27)28/h1-2,9-12H,3-8,13H2,(H,27,28). The topological polar surface area (TPSA) is 77.0 Å². The van der Waals surface area contributed by atoms with Crippen molar-refractivity contribution in [2.45, 2.75) is 18.4 Å². The number of aromatic nitrogens is 1. The lowest BCUT2D eigenvalue weighted by Crippen LogP contribution is -2.48. The third kappa shape index (κ3) is 3.05. The van der Waals surface area contributed by atoms with Crippen molar-refractivity contribution in [2.24, 2.45) is 0 Å². The Kier molecular flexibility index (Phi) is 4.26. The SMILES string of the molecule is O=C(O)CN1CCN(c2cncc(N3C(=O)c4ccc(Cl)cc4C34CC4)c2)CC1. The molecule has 1 aromatic heterocycles. The fourth-order valence-corrected chi connectivity index (χ4v) is 4.74. The van der Waals surface area contributed by atoms with Gasteiger partial charge in [-0.15, -0.1) is 0 Å². The first kappa shape index (κ1) is 18.4. The van der Waals surface area contributed by atoms with Crippen LogP contribution < -0.4 is 9.80 Å². The van der Waals surface area contributed by atoms with Gasteiger partial charge in [-0.05, 0) is 42.7 Å². The minimum Gasteiger partial charge on any atom is -0.480 e. The molecule has 0 unspecified atom stereocenters. The summed E-state index contributed by atoms with van der Waals surface area (Å²) in [6.45, 7) is 2.90. The molecule has 29 heavy (non-hydrogen) atoms. The van der Waals surface area contributed by atoms with Gasteiger partial charge in [0, 0.05) is 36.8 Å². The van der Waals surface area contributed by atoms with E-state index in [0.29, 0.717) is 18.1 Å². The fraction of sp³-hybridized carbons (Fsp3) is 0.381. The Labute approximate surface area is 173 Å². The van der Waals surface area contributed by atoms with Crippen molar-refractivity contribution in [1.29, 1.82) is 0 Å². The molecule has 0 bridgehead atoms. The van der Waals surface area contributed by atoms with Crippen LogP contribution in [0, 0.1) is 0 Å². The second kappa shape index (κ2) is 6.71. The van der Waals surface area contributed by atoms with Crippen molar-refractivity contribution in [1.82, 2.24) is 9.88 Å². The normalized spacial score (nSPS) is 20.2. The number of nitrogens with zero attached hydrogens (tertiary/aromatic N) is 4. The minimum atomic E-state index is -0.802. The van der Waals surface area contributed by atoms with Crippen LogP contribution in [-0.2, 0) is 10.3 Å². The molecule has 1 saturated heterocycles. The predicted molar refractivity (Wildman–Crippen MR) is 110 cm³/mol. The monoisotopic (exact) mass is 412 g/mol. The molecule has 8 heteroatoms. The lowest BCUT2D eigenvalue weighted by atomic mass is 10.0. The summed E-state index contributed by atoms with van der Waals surface area (Å²) >= 11 is 6.20. The van der Waals surface area contributed by atoms with Crippen molar-refractivity contribution in [2.75, 3.05) is 42.5 Å². The minimum absolute atomic E-state index is 0.000561. The number of benzene rings is 1. The summed E-state index contributed by atoms with van der Waals surface area (Å²) in [5.74, 6) is -0.802. The van der Waals surface area contributed by atoms with Gasteiger partial charge >= 0.3 is 5.97 Å². The molecule has 7 nitrogen and oxygen atoms in total. The molecule has 5 rings (SSSR count). The zero-order valence-electron chi connectivity index (χ0n) is 15.8. The van der Waals surface area contributed by atoms with Crippen LogP contribution in [-0.4, -0.2) is 59.6 Å². The molecule has 0 radical (unpaired) electrons. The van der Waals surface area contributed by atoms with Gasteiger partial charge in [0.2, 0.25) is 0 Å². The molecule has 3 aliphatic rings. The largest absolute Gasteiger partial charge is 0.480 e. The number of piperazine rings is 1. The van der Waals surface area contributed by atoms with E-state index < -0.39 is 5.97 Å². The van der Waals surface area contributed by atoms with Crippen LogP contribution in [0.2, 0.25) is 5.02 Å². The molecule has 1 aliphatic carbocycles. The number of hydrogen-bond donors (Lipinski definition) is 1. The Balaban J connectivity index is 1.40. The fourth-order valence-electron chi connectivity index (χ4n) is 4.57. The smallest absolute Gasteiger partial charge is 0.317 e. The Hall–Kier alpha value is -2.64. The molecule has 1 amide bonds. The van der Waals surface area contributed by atoms with Crippen LogP contribution in [0.15, 0.2) is 36.7 Å². The zero-order valence-corrected chi connectivity index (χ0v) is 16.6. The zero-order chi connectivity index (χ0) is 20.2. The van der Waals surface area contributed by atoms with E-state index in [1.54, 1.807) is 18.5 Å². The molecule has 3 heterocycles. The van der Waals surface area contributed by atoms with E-state index in [1.165, 1.54) is 0 Å². The number of carboxylic acid groups (broad SMARTS) is 1. The number of pyridine rings is 1. The van der Waals surface area contributed by atoms with Crippen molar-refractivity contribution >= 4 is 34.9 Å². The van der Waals surface area contributed by atoms with Gasteiger partial charge in [0.1, 0.15) is 0 Å². The van der Waals surface area contributed by atoms with E-state index in [-0.39, 0.29) is 18.0 Å². The highest BCUT2D eigenvalue weighted by molar-refractivity contribution is 6.31. The third-order valence-electron chi connectivity index (χ3n) is 6.13. The van der Waals surface area contributed by atoms with Gasteiger partial charge in [0.25, 0.3) is 5.91 Å². The molecule has 1 spiro atoms. The highest BCUT2D eigenvalue weighted by atomic mass is 35.5.